The Bertz CT molecular complexity index is 486. The van der Waals surface area contributed by atoms with Crippen molar-refractivity contribution in [2.45, 2.75) is 5.92 Å². The summed E-state index contributed by atoms with van der Waals surface area (Å²) in [6, 6.07) is 10.7. The fraction of sp³-hybridized carbons (Fsp3) is 0.0714. The summed E-state index contributed by atoms with van der Waals surface area (Å²) in [5, 5.41) is 2.22. The van der Waals surface area contributed by atoms with Crippen molar-refractivity contribution in [2.24, 2.45) is 0 Å². The van der Waals surface area contributed by atoms with Crippen molar-refractivity contribution in [1.29, 1.82) is 0 Å². The first-order chi connectivity index (χ1) is 8.52. The predicted molar refractivity (Wildman–Crippen MR) is 80.1 cm³/mol. The van der Waals surface area contributed by atoms with Crippen LogP contribution in [0.1, 0.15) is 17.0 Å². The van der Waals surface area contributed by atoms with E-state index in [2.05, 4.69) is 6.92 Å². The highest BCUT2D eigenvalue weighted by molar-refractivity contribution is 6.37. The number of hydrogen-bond acceptors (Lipinski definition) is 0. The molecule has 0 aliphatic rings. The van der Waals surface area contributed by atoms with Gasteiger partial charge in [-0.15, -0.1) is 0 Å². The van der Waals surface area contributed by atoms with Crippen LogP contribution in [0.2, 0.25) is 20.1 Å². The van der Waals surface area contributed by atoms with Gasteiger partial charge in [0.2, 0.25) is 0 Å². The van der Waals surface area contributed by atoms with Crippen LogP contribution >= 0.6 is 46.4 Å². The Kier molecular flexibility index (Phi) is 4.45. The third kappa shape index (κ3) is 2.62. The molecule has 0 unspecified atom stereocenters. The number of halogens is 4. The fourth-order valence-corrected chi connectivity index (χ4v) is 3.15. The molecule has 0 aliphatic heterocycles. The monoisotopic (exact) mass is 317 g/mol. The first-order valence-corrected chi connectivity index (χ1v) is 6.74. The Morgan fingerprint density at radius 2 is 0.944 bits per heavy atom. The lowest BCUT2D eigenvalue weighted by Crippen LogP contribution is -2.00. The van der Waals surface area contributed by atoms with Gasteiger partial charge < -0.3 is 0 Å². The van der Waals surface area contributed by atoms with E-state index in [9.17, 15) is 0 Å². The van der Waals surface area contributed by atoms with E-state index in [0.29, 0.717) is 20.1 Å². The van der Waals surface area contributed by atoms with Crippen LogP contribution in [0.25, 0.3) is 0 Å². The SMILES string of the molecule is [CH2]C(c1c(Cl)cccc1Cl)c1c(Cl)cccc1Cl. The molecule has 0 aromatic heterocycles. The van der Waals surface area contributed by atoms with Gasteiger partial charge in [-0.2, -0.15) is 0 Å². The van der Waals surface area contributed by atoms with Crippen molar-refractivity contribution < 1.29 is 0 Å². The Balaban J connectivity index is 2.58. The maximum atomic E-state index is 6.17. The highest BCUT2D eigenvalue weighted by Gasteiger charge is 2.20. The summed E-state index contributed by atoms with van der Waals surface area (Å²) in [4.78, 5) is 0. The van der Waals surface area contributed by atoms with Gasteiger partial charge in [-0.25, -0.2) is 0 Å². The second kappa shape index (κ2) is 5.71. The summed E-state index contributed by atoms with van der Waals surface area (Å²) in [6.45, 7) is 4.08. The van der Waals surface area contributed by atoms with E-state index >= 15 is 0 Å². The zero-order valence-corrected chi connectivity index (χ0v) is 12.3. The van der Waals surface area contributed by atoms with Crippen LogP contribution in [-0.2, 0) is 0 Å². The first-order valence-electron chi connectivity index (χ1n) is 5.23. The quantitative estimate of drug-likeness (QED) is 0.612. The minimum absolute atomic E-state index is 0.313. The molecule has 2 aromatic carbocycles. The van der Waals surface area contributed by atoms with Crippen LogP contribution in [0.15, 0.2) is 36.4 Å². The Morgan fingerprint density at radius 3 is 1.22 bits per heavy atom. The van der Waals surface area contributed by atoms with Crippen LogP contribution in [0.5, 0.6) is 0 Å². The molecule has 0 N–H and O–H groups in total. The largest absolute Gasteiger partial charge is 0.0840 e. The summed E-state index contributed by atoms with van der Waals surface area (Å²) in [7, 11) is 0. The van der Waals surface area contributed by atoms with Gasteiger partial charge in [0.1, 0.15) is 0 Å². The van der Waals surface area contributed by atoms with E-state index in [1.54, 1.807) is 36.4 Å². The summed E-state index contributed by atoms with van der Waals surface area (Å²) in [6.07, 6.45) is 0. The fourth-order valence-electron chi connectivity index (χ4n) is 1.83. The Labute approximate surface area is 126 Å². The summed E-state index contributed by atoms with van der Waals surface area (Å²) < 4.78 is 0. The van der Waals surface area contributed by atoms with Crippen molar-refractivity contribution in [1.82, 2.24) is 0 Å². The average molecular weight is 319 g/mol. The van der Waals surface area contributed by atoms with E-state index in [1.807, 2.05) is 0 Å². The molecule has 0 spiro atoms. The summed E-state index contributed by atoms with van der Waals surface area (Å²) >= 11 is 24.7. The third-order valence-electron chi connectivity index (χ3n) is 2.70. The molecule has 0 saturated carbocycles. The molecule has 18 heavy (non-hydrogen) atoms. The van der Waals surface area contributed by atoms with Gasteiger partial charge in [-0.05, 0) is 42.3 Å². The first kappa shape index (κ1) is 14.0. The molecule has 93 valence electrons. The molecular weight excluding hydrogens is 310 g/mol. The van der Waals surface area contributed by atoms with Crippen LogP contribution < -0.4 is 0 Å². The van der Waals surface area contributed by atoms with Crippen molar-refractivity contribution in [3.63, 3.8) is 0 Å². The lowest BCUT2D eigenvalue weighted by Gasteiger charge is -2.18. The van der Waals surface area contributed by atoms with E-state index < -0.39 is 0 Å². The van der Waals surface area contributed by atoms with Gasteiger partial charge in [0.05, 0.1) is 0 Å². The molecule has 0 atom stereocenters. The zero-order chi connectivity index (χ0) is 13.3. The molecule has 0 heterocycles. The van der Waals surface area contributed by atoms with Crippen LogP contribution in [-0.4, -0.2) is 0 Å². The number of benzene rings is 2. The number of rotatable bonds is 2. The van der Waals surface area contributed by atoms with Gasteiger partial charge in [0.15, 0.2) is 0 Å². The molecular formula is C14H9Cl4. The molecule has 0 aliphatic carbocycles. The van der Waals surface area contributed by atoms with E-state index in [4.69, 9.17) is 46.4 Å². The van der Waals surface area contributed by atoms with Crippen molar-refractivity contribution in [3.8, 4) is 0 Å². The molecule has 4 heteroatoms. The van der Waals surface area contributed by atoms with E-state index in [-0.39, 0.29) is 5.92 Å². The van der Waals surface area contributed by atoms with Crippen LogP contribution in [0.3, 0.4) is 0 Å². The minimum atomic E-state index is -0.313. The number of hydrogen-bond donors (Lipinski definition) is 0. The maximum absolute atomic E-state index is 6.17. The molecule has 1 radical (unpaired) electrons. The van der Waals surface area contributed by atoms with Gasteiger partial charge in [0.25, 0.3) is 0 Å². The molecule has 0 fully saturated rings. The highest BCUT2D eigenvalue weighted by atomic mass is 35.5. The molecule has 0 amide bonds. The average Bonchev–Trinajstić information content (AvgIpc) is 2.28. The normalized spacial score (nSPS) is 11.0. The maximum Gasteiger partial charge on any atom is 0.0459 e. The van der Waals surface area contributed by atoms with Gasteiger partial charge in [-0.1, -0.05) is 58.5 Å². The predicted octanol–water partition coefficient (Wildman–Crippen LogP) is 6.27. The van der Waals surface area contributed by atoms with Crippen LogP contribution in [0, 0.1) is 6.92 Å². The standard InChI is InChI=1S/C14H9Cl4/c1-8(13-9(15)4-2-5-10(13)16)14-11(17)6-3-7-12(14)18/h2-8H,1H2. The molecule has 0 bridgehead atoms. The molecule has 0 nitrogen and oxygen atoms in total. The van der Waals surface area contributed by atoms with E-state index in [0.717, 1.165) is 11.1 Å². The van der Waals surface area contributed by atoms with E-state index in [1.165, 1.54) is 0 Å². The zero-order valence-electron chi connectivity index (χ0n) is 9.26. The van der Waals surface area contributed by atoms with Gasteiger partial charge in [0, 0.05) is 26.0 Å². The smallest absolute Gasteiger partial charge is 0.0459 e. The van der Waals surface area contributed by atoms with Crippen molar-refractivity contribution in [3.05, 3.63) is 74.5 Å². The molecule has 2 aromatic rings. The Morgan fingerprint density at radius 1 is 0.667 bits per heavy atom. The lowest BCUT2D eigenvalue weighted by molar-refractivity contribution is 1.02. The highest BCUT2D eigenvalue weighted by Crippen LogP contribution is 2.40. The minimum Gasteiger partial charge on any atom is -0.0840 e. The Hall–Kier alpha value is -0.400. The topological polar surface area (TPSA) is 0 Å². The molecule has 2 rings (SSSR count). The van der Waals surface area contributed by atoms with Crippen molar-refractivity contribution in [2.75, 3.05) is 0 Å². The summed E-state index contributed by atoms with van der Waals surface area (Å²) in [5.41, 5.74) is 1.46. The second-order valence-electron chi connectivity index (χ2n) is 3.82. The van der Waals surface area contributed by atoms with Crippen LogP contribution in [0.4, 0.5) is 0 Å². The second-order valence-corrected chi connectivity index (χ2v) is 5.45. The summed E-state index contributed by atoms with van der Waals surface area (Å²) in [5.74, 6) is -0.313. The van der Waals surface area contributed by atoms with Gasteiger partial charge in [-0.3, -0.25) is 0 Å². The molecule has 0 saturated heterocycles. The lowest BCUT2D eigenvalue weighted by atomic mass is 9.93. The van der Waals surface area contributed by atoms with Gasteiger partial charge >= 0.3 is 0 Å². The van der Waals surface area contributed by atoms with Crippen molar-refractivity contribution >= 4 is 46.4 Å². The third-order valence-corrected chi connectivity index (χ3v) is 4.01.